The van der Waals surface area contributed by atoms with E-state index in [1.807, 2.05) is 19.1 Å². The molecule has 0 aromatic heterocycles. The van der Waals surface area contributed by atoms with Gasteiger partial charge in [-0.2, -0.15) is 0 Å². The Morgan fingerprint density at radius 3 is 2.86 bits per heavy atom. The molecule has 1 aromatic carbocycles. The Kier molecular flexibility index (Phi) is 6.29. The fourth-order valence-electron chi connectivity index (χ4n) is 2.18. The smallest absolute Gasteiger partial charge is 0.175 e. The number of methoxy groups -OCH3 is 1. The normalized spacial score (nSPS) is 17.1. The zero-order chi connectivity index (χ0) is 15.2. The highest BCUT2D eigenvalue weighted by Gasteiger charge is 2.19. The Bertz CT molecular complexity index is 470. The van der Waals surface area contributed by atoms with Crippen molar-refractivity contribution in [3.05, 3.63) is 22.2 Å². The van der Waals surface area contributed by atoms with Crippen molar-refractivity contribution in [1.29, 1.82) is 0 Å². The maximum atomic E-state index is 5.90. The van der Waals surface area contributed by atoms with Gasteiger partial charge in [-0.25, -0.2) is 0 Å². The summed E-state index contributed by atoms with van der Waals surface area (Å²) in [5.74, 6) is 1.55. The van der Waals surface area contributed by atoms with Gasteiger partial charge < -0.3 is 25.3 Å². The molecule has 1 aromatic rings. The second-order valence-electron chi connectivity index (χ2n) is 5.12. The average molecular weight is 359 g/mol. The number of hydrogen-bond acceptors (Lipinski definition) is 5. The van der Waals surface area contributed by atoms with Gasteiger partial charge in [0.2, 0.25) is 0 Å². The van der Waals surface area contributed by atoms with Crippen molar-refractivity contribution in [3.8, 4) is 11.5 Å². The van der Waals surface area contributed by atoms with Crippen molar-refractivity contribution in [3.63, 3.8) is 0 Å². The van der Waals surface area contributed by atoms with Crippen LogP contribution in [0.15, 0.2) is 16.6 Å². The first-order valence-corrected chi connectivity index (χ1v) is 8.00. The lowest BCUT2D eigenvalue weighted by Crippen LogP contribution is -2.34. The first-order chi connectivity index (χ1) is 10.2. The molecule has 0 radical (unpaired) electrons. The molecule has 1 aliphatic rings. The van der Waals surface area contributed by atoms with E-state index in [4.69, 9.17) is 19.9 Å². The molecule has 118 valence electrons. The molecule has 21 heavy (non-hydrogen) atoms. The lowest BCUT2D eigenvalue weighted by molar-refractivity contribution is 0.114. The summed E-state index contributed by atoms with van der Waals surface area (Å²) < 4.78 is 17.6. The molecule has 0 amide bonds. The highest BCUT2D eigenvalue weighted by molar-refractivity contribution is 9.10. The fourth-order valence-corrected chi connectivity index (χ4v) is 2.75. The predicted molar refractivity (Wildman–Crippen MR) is 86.0 cm³/mol. The molecule has 0 saturated heterocycles. The molecule has 0 aliphatic carbocycles. The second kappa shape index (κ2) is 7.98. The van der Waals surface area contributed by atoms with Crippen molar-refractivity contribution < 1.29 is 14.2 Å². The van der Waals surface area contributed by atoms with Gasteiger partial charge in [0.25, 0.3) is 0 Å². The summed E-state index contributed by atoms with van der Waals surface area (Å²) in [4.78, 5) is 0. The summed E-state index contributed by atoms with van der Waals surface area (Å²) in [7, 11) is 1.70. The quantitative estimate of drug-likeness (QED) is 0.816. The van der Waals surface area contributed by atoms with Gasteiger partial charge >= 0.3 is 0 Å². The zero-order valence-corrected chi connectivity index (χ0v) is 14.1. The number of hydrogen-bond donors (Lipinski definition) is 2. The van der Waals surface area contributed by atoms with E-state index in [2.05, 4.69) is 21.2 Å². The molecule has 5 nitrogen and oxygen atoms in total. The summed E-state index contributed by atoms with van der Waals surface area (Å²) in [6.45, 7) is 4.61. The number of nitrogens with two attached hydrogens (primary N) is 1. The molecule has 0 saturated carbocycles. The van der Waals surface area contributed by atoms with Gasteiger partial charge in [-0.05, 0) is 40.5 Å². The summed E-state index contributed by atoms with van der Waals surface area (Å²) in [6, 6.07) is 4.10. The first kappa shape index (κ1) is 16.5. The van der Waals surface area contributed by atoms with E-state index in [1.165, 1.54) is 0 Å². The van der Waals surface area contributed by atoms with Crippen LogP contribution in [-0.4, -0.2) is 39.5 Å². The van der Waals surface area contributed by atoms with Gasteiger partial charge in [-0.15, -0.1) is 0 Å². The Hall–Kier alpha value is -0.820. The van der Waals surface area contributed by atoms with Gasteiger partial charge in [0, 0.05) is 32.7 Å². The Morgan fingerprint density at radius 1 is 1.38 bits per heavy atom. The largest absolute Gasteiger partial charge is 0.490 e. The topological polar surface area (TPSA) is 65.7 Å². The van der Waals surface area contributed by atoms with Crippen LogP contribution in [0.2, 0.25) is 0 Å². The molecule has 0 bridgehead atoms. The number of fused-ring (bicyclic) bond motifs is 1. The van der Waals surface area contributed by atoms with Crippen LogP contribution in [-0.2, 0) is 4.74 Å². The van der Waals surface area contributed by atoms with E-state index in [-0.39, 0.29) is 12.1 Å². The molecule has 2 unspecified atom stereocenters. The van der Waals surface area contributed by atoms with Gasteiger partial charge in [-0.3, -0.25) is 0 Å². The molecule has 2 rings (SSSR count). The Labute approximate surface area is 134 Å². The number of ether oxygens (including phenoxy) is 3. The number of rotatable bonds is 6. The van der Waals surface area contributed by atoms with Crippen molar-refractivity contribution in [1.82, 2.24) is 5.32 Å². The lowest BCUT2D eigenvalue weighted by atomic mass is 10.1. The van der Waals surface area contributed by atoms with E-state index >= 15 is 0 Å². The van der Waals surface area contributed by atoms with E-state index < -0.39 is 0 Å². The molecule has 3 N–H and O–H groups in total. The van der Waals surface area contributed by atoms with Crippen LogP contribution in [0, 0.1) is 0 Å². The van der Waals surface area contributed by atoms with Crippen molar-refractivity contribution in [2.75, 3.05) is 33.4 Å². The van der Waals surface area contributed by atoms with Gasteiger partial charge in [0.05, 0.1) is 23.8 Å². The minimum absolute atomic E-state index is 0.0519. The summed E-state index contributed by atoms with van der Waals surface area (Å²) >= 11 is 3.56. The van der Waals surface area contributed by atoms with Crippen molar-refractivity contribution in [2.24, 2.45) is 5.73 Å². The number of nitrogens with one attached hydrogen (secondary N) is 1. The maximum Gasteiger partial charge on any atom is 0.175 e. The molecule has 6 heteroatoms. The van der Waals surface area contributed by atoms with Crippen LogP contribution < -0.4 is 20.5 Å². The van der Waals surface area contributed by atoms with Crippen molar-refractivity contribution in [2.45, 2.75) is 25.5 Å². The third-order valence-electron chi connectivity index (χ3n) is 3.52. The SMILES string of the molecule is COC(C)CNC(CN)c1cc(Br)c2c(c1)OCCCO2. The van der Waals surface area contributed by atoms with Crippen LogP contribution in [0.4, 0.5) is 0 Å². The first-order valence-electron chi connectivity index (χ1n) is 7.21. The molecule has 0 fully saturated rings. The molecular formula is C15H23BrN2O3. The standard InChI is InChI=1S/C15H23BrN2O3/c1-10(19-2)9-18-13(8-17)11-6-12(16)15-14(7-11)20-4-3-5-21-15/h6-7,10,13,18H,3-5,8-9,17H2,1-2H3. The Morgan fingerprint density at radius 2 is 2.14 bits per heavy atom. The lowest BCUT2D eigenvalue weighted by Gasteiger charge is -2.21. The average Bonchev–Trinajstić information content (AvgIpc) is 2.73. The van der Waals surface area contributed by atoms with E-state index in [1.54, 1.807) is 7.11 Å². The number of benzene rings is 1. The summed E-state index contributed by atoms with van der Waals surface area (Å²) in [5.41, 5.74) is 6.98. The molecule has 1 aliphatic heterocycles. The third-order valence-corrected chi connectivity index (χ3v) is 4.11. The fraction of sp³-hybridized carbons (Fsp3) is 0.600. The van der Waals surface area contributed by atoms with Crippen LogP contribution in [0.1, 0.15) is 24.9 Å². The summed E-state index contributed by atoms with van der Waals surface area (Å²) in [6.07, 6.45) is 1.03. The minimum atomic E-state index is 0.0519. The van der Waals surface area contributed by atoms with E-state index in [0.717, 1.165) is 34.5 Å². The zero-order valence-electron chi connectivity index (χ0n) is 12.5. The maximum absolute atomic E-state index is 5.90. The number of halogens is 1. The Balaban J connectivity index is 2.17. The van der Waals surface area contributed by atoms with Crippen LogP contribution in [0.3, 0.4) is 0 Å². The van der Waals surface area contributed by atoms with Crippen LogP contribution in [0.25, 0.3) is 0 Å². The molecule has 1 heterocycles. The summed E-state index contributed by atoms with van der Waals surface area (Å²) in [5, 5.41) is 3.42. The van der Waals surface area contributed by atoms with Crippen LogP contribution in [0.5, 0.6) is 11.5 Å². The highest BCUT2D eigenvalue weighted by Crippen LogP contribution is 2.39. The van der Waals surface area contributed by atoms with Crippen LogP contribution >= 0.6 is 15.9 Å². The third kappa shape index (κ3) is 4.32. The minimum Gasteiger partial charge on any atom is -0.490 e. The van der Waals surface area contributed by atoms with Gasteiger partial charge in [-0.1, -0.05) is 0 Å². The highest BCUT2D eigenvalue weighted by atomic mass is 79.9. The molecule has 2 atom stereocenters. The molecule has 0 spiro atoms. The van der Waals surface area contributed by atoms with E-state index in [9.17, 15) is 0 Å². The monoisotopic (exact) mass is 358 g/mol. The molecular weight excluding hydrogens is 336 g/mol. The van der Waals surface area contributed by atoms with Gasteiger partial charge in [0.15, 0.2) is 11.5 Å². The van der Waals surface area contributed by atoms with Crippen molar-refractivity contribution >= 4 is 15.9 Å². The second-order valence-corrected chi connectivity index (χ2v) is 5.98. The van der Waals surface area contributed by atoms with E-state index in [0.29, 0.717) is 19.8 Å². The predicted octanol–water partition coefficient (Wildman–Crippen LogP) is 2.23. The van der Waals surface area contributed by atoms with Gasteiger partial charge in [0.1, 0.15) is 0 Å².